The summed E-state index contributed by atoms with van der Waals surface area (Å²) in [4.78, 5) is 3.93. The van der Waals surface area contributed by atoms with E-state index in [0.717, 1.165) is 38.9 Å². The van der Waals surface area contributed by atoms with Crippen LogP contribution in [0, 0.1) is 0 Å². The van der Waals surface area contributed by atoms with Gasteiger partial charge in [0.25, 0.3) is 0 Å². The standard InChI is InChI=1S/C14H8B2F6O3.C12H19N2.Sb/c17-13(18,19)9-3-1-5-11(7-9)15(23)25-16(24)12-6-2-4-10(8-12)14(20,21)22;1-13(2)9-11-6-5-7-12(8-11)10-14(3)4;/h1-8H;5-7H,9-10H2,1-4H3;/q-2;;+2. The van der Waals surface area contributed by atoms with Gasteiger partial charge >= 0.3 is 239 Å². The number of alkyl halides is 6. The van der Waals surface area contributed by atoms with E-state index in [2.05, 4.69) is 0 Å². The Hall–Kier alpha value is -2.01. The number of halogens is 6. The third-order valence-electron chi connectivity index (χ3n) is 5.96. The Kier molecular flexibility index (Phi) is 9.64. The minimum absolute atomic E-state index is 0.101. The molecule has 0 atom stereocenters. The average molecular weight is 673 g/mol. The van der Waals surface area contributed by atoms with E-state index in [1.54, 1.807) is 0 Å². The Bertz CT molecular complexity index is 1230. The molecule has 5 nitrogen and oxygen atoms in total. The van der Waals surface area contributed by atoms with E-state index < -0.39 is 58.8 Å². The van der Waals surface area contributed by atoms with Crippen LogP contribution < -0.4 is 14.4 Å². The normalized spacial score (nSPS) is 15.4. The van der Waals surface area contributed by atoms with Gasteiger partial charge in [-0.1, -0.05) is 0 Å². The van der Waals surface area contributed by atoms with Crippen molar-refractivity contribution < 1.29 is 36.8 Å². The molecule has 3 aromatic carbocycles. The van der Waals surface area contributed by atoms with Crippen molar-refractivity contribution in [1.82, 2.24) is 9.80 Å². The van der Waals surface area contributed by atoms with Crippen molar-refractivity contribution in [2.24, 2.45) is 0 Å². The molecule has 4 rings (SSSR count). The zero-order valence-corrected chi connectivity index (χ0v) is 24.8. The molecule has 0 aliphatic carbocycles. The zero-order valence-electron chi connectivity index (χ0n) is 22.3. The van der Waals surface area contributed by atoms with Crippen molar-refractivity contribution in [3.63, 3.8) is 0 Å². The first-order chi connectivity index (χ1) is 18.7. The molecule has 3 aromatic rings. The molecule has 0 unspecified atom stereocenters. The van der Waals surface area contributed by atoms with Gasteiger partial charge in [0.2, 0.25) is 0 Å². The van der Waals surface area contributed by atoms with Crippen LogP contribution in [0.15, 0.2) is 66.7 Å². The van der Waals surface area contributed by atoms with Gasteiger partial charge in [0, 0.05) is 0 Å². The van der Waals surface area contributed by atoms with Gasteiger partial charge in [-0.15, -0.1) is 0 Å². The molecule has 0 saturated carbocycles. The fourth-order valence-corrected chi connectivity index (χ4v) is 9.17. The van der Waals surface area contributed by atoms with Gasteiger partial charge in [-0.05, 0) is 0 Å². The van der Waals surface area contributed by atoms with Crippen LogP contribution in [-0.2, 0) is 35.9 Å². The molecule has 1 saturated heterocycles. The third-order valence-corrected chi connectivity index (χ3v) is 10.8. The van der Waals surface area contributed by atoms with Crippen LogP contribution in [0.5, 0.6) is 0 Å². The molecule has 40 heavy (non-hydrogen) atoms. The summed E-state index contributed by atoms with van der Waals surface area (Å²) in [7, 11) is 5.04. The Morgan fingerprint density at radius 2 is 1.05 bits per heavy atom. The van der Waals surface area contributed by atoms with Crippen LogP contribution in [0.25, 0.3) is 0 Å². The Morgan fingerprint density at radius 3 is 1.43 bits per heavy atom. The number of hydrogen-bond acceptors (Lipinski definition) is 5. The van der Waals surface area contributed by atoms with Crippen molar-refractivity contribution >= 4 is 49.7 Å². The SMILES string of the molecule is CN(C)Cc1cccc(CN(C)C)[c]1[Sb]1[O]B(c2cccc(C(F)(F)F)c2)OB(c2cccc(C(F)(F)F)c2)[O]1. The van der Waals surface area contributed by atoms with Gasteiger partial charge in [-0.2, -0.15) is 0 Å². The first kappa shape index (κ1) is 30.9. The van der Waals surface area contributed by atoms with Crippen LogP contribution in [0.1, 0.15) is 22.3 Å². The minimum atomic E-state index is -4.60. The molecule has 0 radical (unpaired) electrons. The summed E-state index contributed by atoms with van der Waals surface area (Å²) >= 11 is -3.58. The predicted octanol–water partition coefficient (Wildman–Crippen LogP) is 3.40. The van der Waals surface area contributed by atoms with E-state index in [-0.39, 0.29) is 10.9 Å². The first-order valence-electron chi connectivity index (χ1n) is 12.3. The summed E-state index contributed by atoms with van der Waals surface area (Å²) in [5.74, 6) is 0. The second kappa shape index (κ2) is 12.5. The van der Waals surface area contributed by atoms with Crippen LogP contribution in [-0.4, -0.2) is 73.3 Å². The maximum absolute atomic E-state index is 13.5. The fourth-order valence-electron chi connectivity index (χ4n) is 4.28. The Balaban J connectivity index is 1.83. The molecule has 0 bridgehead atoms. The van der Waals surface area contributed by atoms with Gasteiger partial charge in [0.15, 0.2) is 0 Å². The topological polar surface area (TPSA) is 34.2 Å². The van der Waals surface area contributed by atoms with E-state index in [1.807, 2.05) is 56.2 Å². The summed E-state index contributed by atoms with van der Waals surface area (Å²) in [6.45, 7) is 1.07. The van der Waals surface area contributed by atoms with Crippen molar-refractivity contribution in [1.29, 1.82) is 0 Å². The third kappa shape index (κ3) is 7.63. The summed E-state index contributed by atoms with van der Waals surface area (Å²) < 4.78 is 100. The zero-order chi connectivity index (χ0) is 29.2. The molecule has 1 aliphatic heterocycles. The summed E-state index contributed by atoms with van der Waals surface area (Å²) in [5, 5.41) is 0. The summed E-state index contributed by atoms with van der Waals surface area (Å²) in [6, 6.07) is 14.9. The predicted molar refractivity (Wildman–Crippen MR) is 144 cm³/mol. The Morgan fingerprint density at radius 1 is 0.650 bits per heavy atom. The second-order valence-electron chi connectivity index (χ2n) is 9.91. The van der Waals surface area contributed by atoms with Crippen LogP contribution in [0.4, 0.5) is 26.3 Å². The van der Waals surface area contributed by atoms with E-state index in [4.69, 9.17) is 10.4 Å². The number of rotatable bonds is 7. The maximum atomic E-state index is 13.5. The van der Waals surface area contributed by atoms with Gasteiger partial charge in [0.1, 0.15) is 0 Å². The molecule has 212 valence electrons. The van der Waals surface area contributed by atoms with Crippen molar-refractivity contribution in [2.45, 2.75) is 25.4 Å². The quantitative estimate of drug-likeness (QED) is 0.284. The van der Waals surface area contributed by atoms with E-state index in [0.29, 0.717) is 13.1 Å². The van der Waals surface area contributed by atoms with Gasteiger partial charge in [0.05, 0.1) is 0 Å². The fraction of sp³-hybridized carbons (Fsp3) is 0.308. The number of benzene rings is 3. The first-order valence-corrected chi connectivity index (χ1v) is 15.6. The molecule has 14 heteroatoms. The molecule has 0 N–H and O–H groups in total. The van der Waals surface area contributed by atoms with Crippen molar-refractivity contribution in [3.05, 3.63) is 89.0 Å². The van der Waals surface area contributed by atoms with Gasteiger partial charge < -0.3 is 0 Å². The molecular formula is C26H27B2F6N2O3Sb. The van der Waals surface area contributed by atoms with Gasteiger partial charge in [-0.3, -0.25) is 0 Å². The molecule has 1 aliphatic rings. The average Bonchev–Trinajstić information content (AvgIpc) is 2.87. The molecule has 0 amide bonds. The monoisotopic (exact) mass is 672 g/mol. The van der Waals surface area contributed by atoms with Crippen molar-refractivity contribution in [3.8, 4) is 0 Å². The van der Waals surface area contributed by atoms with Gasteiger partial charge in [-0.25, -0.2) is 0 Å². The number of nitrogens with zero attached hydrogens (tertiary/aromatic N) is 2. The van der Waals surface area contributed by atoms with E-state index in [1.165, 1.54) is 24.3 Å². The summed E-state index contributed by atoms with van der Waals surface area (Å²) in [5.41, 5.74) is 0.265. The molecular weight excluding hydrogens is 646 g/mol. The molecule has 0 aromatic heterocycles. The van der Waals surface area contributed by atoms with Crippen LogP contribution >= 0.6 is 0 Å². The van der Waals surface area contributed by atoms with Crippen LogP contribution in [0.2, 0.25) is 0 Å². The van der Waals surface area contributed by atoms with Crippen molar-refractivity contribution in [2.75, 3.05) is 28.2 Å². The van der Waals surface area contributed by atoms with Crippen LogP contribution in [0.3, 0.4) is 0 Å². The molecule has 0 spiro atoms. The van der Waals surface area contributed by atoms with E-state index in [9.17, 15) is 26.3 Å². The second-order valence-corrected chi connectivity index (χ2v) is 13.9. The summed E-state index contributed by atoms with van der Waals surface area (Å²) in [6.07, 6.45) is -9.20. The number of hydrogen-bond donors (Lipinski definition) is 0. The molecule has 1 heterocycles. The Labute approximate surface area is 238 Å². The van der Waals surface area contributed by atoms with E-state index >= 15 is 0 Å². The molecule has 1 fully saturated rings.